The molecule has 4 rings (SSSR count). The third kappa shape index (κ3) is 5.08. The summed E-state index contributed by atoms with van der Waals surface area (Å²) in [5.74, 6) is -2.73. The minimum atomic E-state index is -1.30. The molecule has 1 aromatic carbocycles. The summed E-state index contributed by atoms with van der Waals surface area (Å²) in [6.45, 7) is 4.52. The first kappa shape index (κ1) is 23.8. The fourth-order valence-corrected chi connectivity index (χ4v) is 3.94. The van der Waals surface area contributed by atoms with E-state index >= 15 is 0 Å². The van der Waals surface area contributed by atoms with Crippen molar-refractivity contribution in [3.8, 4) is 0 Å². The highest BCUT2D eigenvalue weighted by Gasteiger charge is 2.35. The summed E-state index contributed by atoms with van der Waals surface area (Å²) in [5, 5.41) is 16.3. The maximum Gasteiger partial charge on any atom is 0.375 e. The molecule has 13 heteroatoms. The molecular weight excluding hydrogens is 471 g/mol. The normalized spacial score (nSPS) is 18.9. The van der Waals surface area contributed by atoms with Gasteiger partial charge in [0.15, 0.2) is 0 Å². The SMILES string of the molecule is CCOC(=O)C1=C(CN2CCOCC2)NC(n2cnc(C(=O)O)n2)=NC1c1ccc(F)cc1Cl. The highest BCUT2D eigenvalue weighted by atomic mass is 35.5. The average molecular weight is 493 g/mol. The number of morpholine rings is 1. The molecule has 2 aliphatic rings. The number of nitrogens with zero attached hydrogens (tertiary/aromatic N) is 5. The molecule has 1 aromatic heterocycles. The molecule has 2 N–H and O–H groups in total. The van der Waals surface area contributed by atoms with Gasteiger partial charge in [-0.25, -0.2) is 24.0 Å². The molecule has 1 fully saturated rings. The van der Waals surface area contributed by atoms with Crippen molar-refractivity contribution >= 4 is 29.5 Å². The number of rotatable bonds is 6. The average Bonchev–Trinajstić information content (AvgIpc) is 3.30. The zero-order valence-electron chi connectivity index (χ0n) is 18.2. The lowest BCUT2D eigenvalue weighted by Gasteiger charge is -2.32. The van der Waals surface area contributed by atoms with Crippen LogP contribution in [0.5, 0.6) is 0 Å². The first-order valence-corrected chi connectivity index (χ1v) is 10.9. The zero-order valence-corrected chi connectivity index (χ0v) is 19.0. The first-order valence-electron chi connectivity index (χ1n) is 10.5. The number of hydrogen-bond donors (Lipinski definition) is 2. The van der Waals surface area contributed by atoms with Crippen LogP contribution in [0, 0.1) is 5.82 Å². The number of ether oxygens (including phenoxy) is 2. The van der Waals surface area contributed by atoms with Crippen molar-refractivity contribution in [2.45, 2.75) is 13.0 Å². The van der Waals surface area contributed by atoms with Gasteiger partial charge in [0.25, 0.3) is 5.82 Å². The maximum atomic E-state index is 13.8. The highest BCUT2D eigenvalue weighted by molar-refractivity contribution is 6.31. The molecule has 11 nitrogen and oxygen atoms in total. The lowest BCUT2D eigenvalue weighted by atomic mass is 9.95. The monoisotopic (exact) mass is 492 g/mol. The molecule has 2 aromatic rings. The Morgan fingerprint density at radius 2 is 2.12 bits per heavy atom. The van der Waals surface area contributed by atoms with Crippen molar-refractivity contribution in [1.29, 1.82) is 0 Å². The molecular formula is C21H22ClFN6O5. The summed E-state index contributed by atoms with van der Waals surface area (Å²) in [6, 6.07) is 2.85. The number of aliphatic imine (C=N–C) groups is 1. The maximum absolute atomic E-state index is 13.8. The van der Waals surface area contributed by atoms with Crippen molar-refractivity contribution in [1.82, 2.24) is 25.0 Å². The largest absolute Gasteiger partial charge is 0.475 e. The second kappa shape index (κ2) is 10.3. The fourth-order valence-electron chi connectivity index (χ4n) is 3.67. The van der Waals surface area contributed by atoms with E-state index in [1.165, 1.54) is 18.5 Å². The standard InChI is InChI=1S/C21H22ClFN6O5/c1-2-34-20(32)16-15(10-28-5-7-33-8-6-28)25-21(29-11-24-18(27-29)19(30)31)26-17(16)13-4-3-12(23)9-14(13)22/h3-4,9,11,17H,2,5-8,10H2,1H3,(H,25,26)(H,30,31). The minimum absolute atomic E-state index is 0.0762. The number of halogens is 2. The minimum Gasteiger partial charge on any atom is -0.475 e. The summed E-state index contributed by atoms with van der Waals surface area (Å²) in [4.78, 5) is 34.8. The van der Waals surface area contributed by atoms with Gasteiger partial charge >= 0.3 is 11.9 Å². The van der Waals surface area contributed by atoms with Crippen LogP contribution < -0.4 is 5.32 Å². The Bertz CT molecular complexity index is 1160. The van der Waals surface area contributed by atoms with E-state index in [9.17, 15) is 19.1 Å². The molecule has 0 amide bonds. The van der Waals surface area contributed by atoms with E-state index < -0.39 is 29.6 Å². The van der Waals surface area contributed by atoms with Gasteiger partial charge in [0.1, 0.15) is 18.2 Å². The number of carbonyl (C=O) groups excluding carboxylic acids is 1. The molecule has 1 atom stereocenters. The molecule has 0 bridgehead atoms. The predicted octanol–water partition coefficient (Wildman–Crippen LogP) is 1.47. The van der Waals surface area contributed by atoms with Crippen LogP contribution in [0.4, 0.5) is 4.39 Å². The number of aromatic carboxylic acids is 1. The number of aromatic nitrogens is 3. The van der Waals surface area contributed by atoms with Gasteiger partial charge in [0, 0.05) is 35.9 Å². The summed E-state index contributed by atoms with van der Waals surface area (Å²) in [6.07, 6.45) is 1.19. The van der Waals surface area contributed by atoms with Gasteiger partial charge in [-0.05, 0) is 19.1 Å². The Kier molecular flexibility index (Phi) is 7.20. The van der Waals surface area contributed by atoms with Crippen molar-refractivity contribution < 1.29 is 28.6 Å². The van der Waals surface area contributed by atoms with E-state index in [1.54, 1.807) is 6.92 Å². The summed E-state index contributed by atoms with van der Waals surface area (Å²) in [7, 11) is 0. The third-order valence-corrected chi connectivity index (χ3v) is 5.58. The van der Waals surface area contributed by atoms with Crippen LogP contribution in [0.25, 0.3) is 0 Å². The molecule has 3 heterocycles. The number of benzene rings is 1. The van der Waals surface area contributed by atoms with Gasteiger partial charge in [-0.3, -0.25) is 4.90 Å². The fraction of sp³-hybridized carbons (Fsp3) is 0.381. The lowest BCUT2D eigenvalue weighted by molar-refractivity contribution is -0.139. The quantitative estimate of drug-likeness (QED) is 0.575. The van der Waals surface area contributed by atoms with Crippen LogP contribution in [0.3, 0.4) is 0 Å². The Morgan fingerprint density at radius 1 is 1.35 bits per heavy atom. The van der Waals surface area contributed by atoms with Crippen LogP contribution in [-0.4, -0.2) is 82.1 Å². The molecule has 0 radical (unpaired) electrons. The Labute approximate surface area is 198 Å². The van der Waals surface area contributed by atoms with Gasteiger partial charge in [-0.15, -0.1) is 5.10 Å². The third-order valence-electron chi connectivity index (χ3n) is 5.25. The van der Waals surface area contributed by atoms with E-state index in [4.69, 9.17) is 21.1 Å². The van der Waals surface area contributed by atoms with E-state index in [-0.39, 0.29) is 23.2 Å². The Hall–Kier alpha value is -3.35. The number of carboxylic acid groups (broad SMARTS) is 1. The van der Waals surface area contributed by atoms with Crippen LogP contribution in [0.15, 0.2) is 40.8 Å². The molecule has 1 unspecified atom stereocenters. The summed E-state index contributed by atoms with van der Waals surface area (Å²) in [5.41, 5.74) is 1.07. The van der Waals surface area contributed by atoms with Crippen LogP contribution in [-0.2, 0) is 14.3 Å². The molecule has 180 valence electrons. The summed E-state index contributed by atoms with van der Waals surface area (Å²) < 4.78 is 25.7. The van der Waals surface area contributed by atoms with E-state index in [0.29, 0.717) is 44.1 Å². The van der Waals surface area contributed by atoms with Crippen molar-refractivity contribution in [2.75, 3.05) is 39.5 Å². The van der Waals surface area contributed by atoms with Crippen molar-refractivity contribution in [2.24, 2.45) is 4.99 Å². The molecule has 1 saturated heterocycles. The zero-order chi connectivity index (χ0) is 24.2. The van der Waals surface area contributed by atoms with E-state index in [1.807, 2.05) is 0 Å². The molecule has 0 saturated carbocycles. The Morgan fingerprint density at radius 3 is 2.76 bits per heavy atom. The van der Waals surface area contributed by atoms with Crippen molar-refractivity contribution in [3.63, 3.8) is 0 Å². The van der Waals surface area contributed by atoms with Crippen LogP contribution >= 0.6 is 11.6 Å². The number of esters is 1. The van der Waals surface area contributed by atoms with Crippen LogP contribution in [0.1, 0.15) is 29.1 Å². The lowest BCUT2D eigenvalue weighted by Crippen LogP contribution is -2.44. The Balaban J connectivity index is 1.83. The molecule has 34 heavy (non-hydrogen) atoms. The second-order valence-electron chi connectivity index (χ2n) is 7.47. The van der Waals surface area contributed by atoms with E-state index in [0.717, 1.165) is 10.7 Å². The number of carboxylic acids is 1. The van der Waals surface area contributed by atoms with Crippen molar-refractivity contribution in [3.05, 3.63) is 58.0 Å². The number of hydrogen-bond acceptors (Lipinski definition) is 9. The first-order chi connectivity index (χ1) is 16.4. The number of carbonyl (C=O) groups is 2. The van der Waals surface area contributed by atoms with Gasteiger partial charge < -0.3 is 19.9 Å². The van der Waals surface area contributed by atoms with Gasteiger partial charge in [0.2, 0.25) is 5.96 Å². The highest BCUT2D eigenvalue weighted by Crippen LogP contribution is 2.36. The predicted molar refractivity (Wildman–Crippen MR) is 118 cm³/mol. The molecule has 0 spiro atoms. The van der Waals surface area contributed by atoms with Gasteiger partial charge in [-0.1, -0.05) is 17.7 Å². The van der Waals surface area contributed by atoms with Gasteiger partial charge in [-0.2, -0.15) is 4.68 Å². The van der Waals surface area contributed by atoms with Gasteiger partial charge in [0.05, 0.1) is 25.4 Å². The molecule has 0 aliphatic carbocycles. The number of nitrogens with one attached hydrogen (secondary N) is 1. The topological polar surface area (TPSA) is 131 Å². The second-order valence-corrected chi connectivity index (χ2v) is 7.87. The van der Waals surface area contributed by atoms with Crippen LogP contribution in [0.2, 0.25) is 5.02 Å². The summed E-state index contributed by atoms with van der Waals surface area (Å²) >= 11 is 6.35. The smallest absolute Gasteiger partial charge is 0.375 e. The van der Waals surface area contributed by atoms with E-state index in [2.05, 4.69) is 25.3 Å². The molecule has 2 aliphatic heterocycles.